The van der Waals surface area contributed by atoms with Gasteiger partial charge in [-0.05, 0) is 31.4 Å². The molecule has 0 aliphatic heterocycles. The van der Waals surface area contributed by atoms with Crippen LogP contribution in [-0.4, -0.2) is 25.9 Å². The predicted molar refractivity (Wildman–Crippen MR) is 79.8 cm³/mol. The number of nitro benzene ring substituents is 1. The molecule has 8 heteroatoms. The van der Waals surface area contributed by atoms with Crippen molar-refractivity contribution in [1.29, 1.82) is 0 Å². The summed E-state index contributed by atoms with van der Waals surface area (Å²) in [7, 11) is -3.70. The Morgan fingerprint density at radius 3 is 2.62 bits per heavy atom. The normalized spacial score (nSPS) is 15.5. The zero-order valence-electron chi connectivity index (χ0n) is 11.8. The summed E-state index contributed by atoms with van der Waals surface area (Å²) in [5.74, 6) is 0. The molecule has 0 aromatic heterocycles. The lowest BCUT2D eigenvalue weighted by atomic mass is 9.94. The number of nitrogens with one attached hydrogen (secondary N) is 2. The van der Waals surface area contributed by atoms with Gasteiger partial charge >= 0.3 is 0 Å². The molecule has 2 rings (SSSR count). The number of anilines is 1. The second-order valence-electron chi connectivity index (χ2n) is 5.11. The predicted octanol–water partition coefficient (Wildman–Crippen LogP) is 2.25. The smallest absolute Gasteiger partial charge is 0.293 e. The third-order valence-corrected chi connectivity index (χ3v) is 4.99. The Balaban J connectivity index is 2.27. The summed E-state index contributed by atoms with van der Waals surface area (Å²) in [6.07, 6.45) is 3.46. The van der Waals surface area contributed by atoms with Crippen LogP contribution in [0.4, 0.5) is 11.4 Å². The van der Waals surface area contributed by atoms with E-state index >= 15 is 0 Å². The number of sulfonamides is 1. The van der Waals surface area contributed by atoms with Crippen molar-refractivity contribution in [1.82, 2.24) is 4.72 Å². The van der Waals surface area contributed by atoms with E-state index in [2.05, 4.69) is 10.0 Å². The van der Waals surface area contributed by atoms with Crippen molar-refractivity contribution in [3.63, 3.8) is 0 Å². The maximum absolute atomic E-state index is 12.2. The van der Waals surface area contributed by atoms with Crippen molar-refractivity contribution in [2.75, 3.05) is 11.9 Å². The number of hydrogen-bond acceptors (Lipinski definition) is 5. The molecule has 0 spiro atoms. The summed E-state index contributed by atoms with van der Waals surface area (Å²) in [6, 6.07) is 3.90. The van der Waals surface area contributed by atoms with Gasteiger partial charge in [0.05, 0.1) is 9.82 Å². The average Bonchev–Trinajstić information content (AvgIpc) is 2.40. The first-order chi connectivity index (χ1) is 9.94. The number of benzene rings is 1. The summed E-state index contributed by atoms with van der Waals surface area (Å²) >= 11 is 0. The monoisotopic (exact) mass is 313 g/mol. The topological polar surface area (TPSA) is 101 Å². The Morgan fingerprint density at radius 2 is 2.10 bits per heavy atom. The van der Waals surface area contributed by atoms with Crippen LogP contribution in [0.5, 0.6) is 0 Å². The van der Waals surface area contributed by atoms with Crippen LogP contribution in [0, 0.1) is 10.1 Å². The van der Waals surface area contributed by atoms with Crippen molar-refractivity contribution in [2.45, 2.75) is 43.5 Å². The van der Waals surface area contributed by atoms with Crippen molar-refractivity contribution in [3.05, 3.63) is 28.3 Å². The van der Waals surface area contributed by atoms with Crippen molar-refractivity contribution >= 4 is 21.4 Å². The Kier molecular flexibility index (Phi) is 4.79. The van der Waals surface area contributed by atoms with E-state index in [1.165, 1.54) is 12.1 Å². The van der Waals surface area contributed by atoms with Crippen LogP contribution in [0.1, 0.15) is 32.6 Å². The standard InChI is InChI=1S/C13H19N3O4S/c1-2-8-14-12-7-6-11(9-13(12)16(17)18)21(19,20)15-10-4-3-5-10/h6-7,9-10,14-15H,2-5,8H2,1H3. The van der Waals surface area contributed by atoms with E-state index in [-0.39, 0.29) is 16.6 Å². The molecule has 116 valence electrons. The molecule has 1 aromatic carbocycles. The second-order valence-corrected chi connectivity index (χ2v) is 6.83. The van der Waals surface area contributed by atoms with Gasteiger partial charge in [0.25, 0.3) is 5.69 Å². The third kappa shape index (κ3) is 3.70. The number of rotatable bonds is 7. The molecule has 1 aliphatic carbocycles. The first kappa shape index (κ1) is 15.7. The molecule has 1 saturated carbocycles. The number of nitrogens with zero attached hydrogens (tertiary/aromatic N) is 1. The Hall–Kier alpha value is -1.67. The first-order valence-electron chi connectivity index (χ1n) is 6.98. The molecule has 7 nitrogen and oxygen atoms in total. The highest BCUT2D eigenvalue weighted by molar-refractivity contribution is 7.89. The van der Waals surface area contributed by atoms with Gasteiger partial charge in [-0.2, -0.15) is 0 Å². The lowest BCUT2D eigenvalue weighted by Gasteiger charge is -2.26. The Labute approximate surface area is 123 Å². The molecule has 1 aromatic rings. The van der Waals surface area contributed by atoms with Crippen LogP contribution in [0.25, 0.3) is 0 Å². The SMILES string of the molecule is CCCNc1ccc(S(=O)(=O)NC2CCC2)cc1[N+](=O)[O-]. The minimum absolute atomic E-state index is 0.0491. The molecule has 0 amide bonds. The summed E-state index contributed by atoms with van der Waals surface area (Å²) in [5.41, 5.74) is 0.115. The van der Waals surface area contributed by atoms with E-state index < -0.39 is 14.9 Å². The molecular formula is C13H19N3O4S. The molecule has 0 heterocycles. The minimum atomic E-state index is -3.70. The van der Waals surface area contributed by atoms with E-state index in [4.69, 9.17) is 0 Å². The third-order valence-electron chi connectivity index (χ3n) is 3.47. The summed E-state index contributed by atoms with van der Waals surface area (Å²) in [6.45, 7) is 2.54. The van der Waals surface area contributed by atoms with E-state index in [9.17, 15) is 18.5 Å². The zero-order chi connectivity index (χ0) is 15.5. The van der Waals surface area contributed by atoms with E-state index in [1.54, 1.807) is 0 Å². The highest BCUT2D eigenvalue weighted by Gasteiger charge is 2.26. The number of nitro groups is 1. The maximum atomic E-state index is 12.2. The van der Waals surface area contributed by atoms with Crippen molar-refractivity contribution < 1.29 is 13.3 Å². The van der Waals surface area contributed by atoms with Gasteiger partial charge in [0, 0.05) is 18.7 Å². The zero-order valence-corrected chi connectivity index (χ0v) is 12.6. The van der Waals surface area contributed by atoms with Gasteiger partial charge in [-0.3, -0.25) is 10.1 Å². The molecule has 1 aliphatic rings. The lowest BCUT2D eigenvalue weighted by molar-refractivity contribution is -0.384. The van der Waals surface area contributed by atoms with Crippen molar-refractivity contribution in [2.24, 2.45) is 0 Å². The quantitative estimate of drug-likeness (QED) is 0.594. The highest BCUT2D eigenvalue weighted by Crippen LogP contribution is 2.28. The molecule has 2 N–H and O–H groups in total. The largest absolute Gasteiger partial charge is 0.380 e. The summed E-state index contributed by atoms with van der Waals surface area (Å²) in [4.78, 5) is 10.5. The van der Waals surface area contributed by atoms with Crippen LogP contribution in [0.3, 0.4) is 0 Å². The van der Waals surface area contributed by atoms with Gasteiger partial charge in [-0.15, -0.1) is 0 Å². The van der Waals surface area contributed by atoms with Crippen LogP contribution in [0.2, 0.25) is 0 Å². The highest BCUT2D eigenvalue weighted by atomic mass is 32.2. The van der Waals surface area contributed by atoms with Gasteiger partial charge < -0.3 is 5.32 Å². The first-order valence-corrected chi connectivity index (χ1v) is 8.47. The Bertz CT molecular complexity index is 626. The van der Waals surface area contributed by atoms with Crippen LogP contribution in [0.15, 0.2) is 23.1 Å². The Morgan fingerprint density at radius 1 is 1.38 bits per heavy atom. The van der Waals surface area contributed by atoms with Gasteiger partial charge in [0.15, 0.2) is 0 Å². The fraction of sp³-hybridized carbons (Fsp3) is 0.538. The van der Waals surface area contributed by atoms with Gasteiger partial charge in [0.2, 0.25) is 10.0 Å². The fourth-order valence-corrected chi connectivity index (χ4v) is 3.38. The van der Waals surface area contributed by atoms with E-state index in [1.807, 2.05) is 6.92 Å². The molecular weight excluding hydrogens is 294 g/mol. The molecule has 0 bridgehead atoms. The minimum Gasteiger partial charge on any atom is -0.380 e. The second kappa shape index (κ2) is 6.40. The molecule has 21 heavy (non-hydrogen) atoms. The van der Waals surface area contributed by atoms with Crippen LogP contribution >= 0.6 is 0 Å². The molecule has 0 saturated heterocycles. The number of hydrogen-bond donors (Lipinski definition) is 2. The van der Waals surface area contributed by atoms with Crippen LogP contribution in [-0.2, 0) is 10.0 Å². The molecule has 0 atom stereocenters. The van der Waals surface area contributed by atoms with E-state index in [0.717, 1.165) is 31.7 Å². The van der Waals surface area contributed by atoms with Gasteiger partial charge in [0.1, 0.15) is 5.69 Å². The maximum Gasteiger partial charge on any atom is 0.293 e. The lowest BCUT2D eigenvalue weighted by Crippen LogP contribution is -2.39. The summed E-state index contributed by atoms with van der Waals surface area (Å²) < 4.78 is 26.9. The molecule has 0 unspecified atom stereocenters. The molecule has 0 radical (unpaired) electrons. The average molecular weight is 313 g/mol. The summed E-state index contributed by atoms with van der Waals surface area (Å²) in [5, 5.41) is 14.0. The van der Waals surface area contributed by atoms with E-state index in [0.29, 0.717) is 12.2 Å². The molecule has 1 fully saturated rings. The van der Waals surface area contributed by atoms with Crippen LogP contribution < -0.4 is 10.0 Å². The van der Waals surface area contributed by atoms with Crippen molar-refractivity contribution in [3.8, 4) is 0 Å². The fourth-order valence-electron chi connectivity index (χ4n) is 2.05. The van der Waals surface area contributed by atoms with Gasteiger partial charge in [-0.25, -0.2) is 13.1 Å². The van der Waals surface area contributed by atoms with Gasteiger partial charge in [-0.1, -0.05) is 13.3 Å².